The van der Waals surface area contributed by atoms with Crippen LogP contribution in [0, 0.1) is 0 Å². The second-order valence-electron chi connectivity index (χ2n) is 16.5. The normalized spacial score (nSPS) is 11.9. The summed E-state index contributed by atoms with van der Waals surface area (Å²) in [6.45, 7) is 0. The first-order valence-electron chi connectivity index (χ1n) is 21.3. The Kier molecular flexibility index (Phi) is 7.64. The maximum Gasteiger partial charge on any atom is 0.0273 e. The molecule has 0 aliphatic rings. The molecule has 0 saturated carbocycles. The minimum absolute atomic E-state index is 1.19. The van der Waals surface area contributed by atoms with Gasteiger partial charge in [-0.3, -0.25) is 9.97 Å². The Bertz CT molecular complexity index is 3580. The van der Waals surface area contributed by atoms with E-state index >= 15 is 0 Å². The van der Waals surface area contributed by atoms with Crippen LogP contribution in [0.15, 0.2) is 219 Å². The van der Waals surface area contributed by atoms with Gasteiger partial charge in [-0.25, -0.2) is 0 Å². The lowest BCUT2D eigenvalue weighted by Crippen LogP contribution is -1.90. The van der Waals surface area contributed by atoms with Crippen molar-refractivity contribution in [3.05, 3.63) is 219 Å². The van der Waals surface area contributed by atoms with Gasteiger partial charge in [0, 0.05) is 24.8 Å². The first kappa shape index (κ1) is 34.6. The van der Waals surface area contributed by atoms with Gasteiger partial charge in [-0.2, -0.15) is 0 Å². The third-order valence-corrected chi connectivity index (χ3v) is 13.2. The van der Waals surface area contributed by atoms with Gasteiger partial charge in [0.1, 0.15) is 0 Å². The summed E-state index contributed by atoms with van der Waals surface area (Å²) in [5, 5.41) is 15.4. The Hall–Kier alpha value is -8.20. The van der Waals surface area contributed by atoms with E-state index in [4.69, 9.17) is 0 Å². The van der Waals surface area contributed by atoms with Crippen molar-refractivity contribution in [1.82, 2.24) is 9.97 Å². The van der Waals surface area contributed by atoms with E-state index in [-0.39, 0.29) is 0 Å². The average Bonchev–Trinajstić information content (AvgIpc) is 3.35. The summed E-state index contributed by atoms with van der Waals surface area (Å²) in [6, 6.07) is 72.0. The van der Waals surface area contributed by atoms with Crippen molar-refractivity contribution in [3.63, 3.8) is 0 Å². The molecule has 0 radical (unpaired) electrons. The number of pyridine rings is 2. The summed E-state index contributed by atoms with van der Waals surface area (Å²) >= 11 is 0. The Balaban J connectivity index is 0.852. The van der Waals surface area contributed by atoms with Crippen LogP contribution in [0.2, 0.25) is 0 Å². The number of rotatable bonds is 6. The van der Waals surface area contributed by atoms with E-state index < -0.39 is 0 Å². The maximum atomic E-state index is 4.27. The highest BCUT2D eigenvalue weighted by molar-refractivity contribution is 6.29. The molecule has 13 aromatic rings. The Morgan fingerprint density at radius 2 is 0.500 bits per heavy atom. The van der Waals surface area contributed by atoms with E-state index in [1.165, 1.54) is 131 Å². The highest BCUT2D eigenvalue weighted by Gasteiger charge is 2.17. The fourth-order valence-electron chi connectivity index (χ4n) is 10.3. The molecule has 13 rings (SSSR count). The summed E-state index contributed by atoms with van der Waals surface area (Å²) < 4.78 is 0. The third-order valence-electron chi connectivity index (χ3n) is 13.2. The lowest BCUT2D eigenvalue weighted by Gasteiger charge is -2.17. The van der Waals surface area contributed by atoms with Crippen LogP contribution in [-0.2, 0) is 0 Å². The van der Waals surface area contributed by atoms with Crippen LogP contribution in [0.4, 0.5) is 0 Å². The SMILES string of the molecule is c1cc(-c2ccc(-c3cccc(-c4ccc5ccc6c(-c7ccncc7)ccc7ccc4c5c76)c3)cc2)cc(-c2ccc3ccc4c(-c5ccncc5)ccc5ccc2c3c54)c1. The van der Waals surface area contributed by atoms with Crippen molar-refractivity contribution < 1.29 is 0 Å². The molecule has 0 spiro atoms. The van der Waals surface area contributed by atoms with E-state index in [1.807, 2.05) is 24.8 Å². The predicted octanol–water partition coefficient (Wildman–Crippen LogP) is 16.3. The van der Waals surface area contributed by atoms with Gasteiger partial charge in [0.25, 0.3) is 0 Å². The quantitative estimate of drug-likeness (QED) is 0.157. The summed E-state index contributed by atoms with van der Waals surface area (Å²) in [5.74, 6) is 0. The average molecular weight is 785 g/mol. The zero-order chi connectivity index (χ0) is 40.7. The lowest BCUT2D eigenvalue weighted by molar-refractivity contribution is 1.33. The van der Waals surface area contributed by atoms with Gasteiger partial charge in [-0.15, -0.1) is 0 Å². The van der Waals surface area contributed by atoms with Crippen LogP contribution >= 0.6 is 0 Å². The fraction of sp³-hybridized carbons (Fsp3) is 0. The van der Waals surface area contributed by atoms with Crippen molar-refractivity contribution in [2.24, 2.45) is 0 Å². The molecule has 0 aliphatic carbocycles. The molecule has 0 atom stereocenters. The Labute approximate surface area is 358 Å². The van der Waals surface area contributed by atoms with Gasteiger partial charge in [-0.1, -0.05) is 158 Å². The van der Waals surface area contributed by atoms with Gasteiger partial charge in [0.2, 0.25) is 0 Å². The molecule has 2 aromatic heterocycles. The number of benzene rings is 11. The molecule has 0 saturated heterocycles. The van der Waals surface area contributed by atoms with Gasteiger partial charge >= 0.3 is 0 Å². The lowest BCUT2D eigenvalue weighted by atomic mass is 9.87. The van der Waals surface area contributed by atoms with Gasteiger partial charge < -0.3 is 0 Å². The van der Waals surface area contributed by atoms with Gasteiger partial charge in [-0.05, 0) is 168 Å². The minimum Gasteiger partial charge on any atom is -0.265 e. The maximum absolute atomic E-state index is 4.27. The standard InChI is InChI=1S/C60H36N2/c1-3-45(35-47(5-1)51-21-13-43-15-23-53-49(39-27-31-61-32-28-39)19-11-41-17-25-55(51)59(43)57(41)53)37-7-9-38(10-8-37)46-4-2-6-48(36-46)52-22-14-44-16-24-54-50(40-29-33-62-34-30-40)20-12-42-18-26-56(52)60(44)58(42)54/h1-36H. The number of hydrogen-bond acceptors (Lipinski definition) is 2. The molecular weight excluding hydrogens is 749 g/mol. The zero-order valence-corrected chi connectivity index (χ0v) is 33.7. The molecule has 0 N–H and O–H groups in total. The topological polar surface area (TPSA) is 25.8 Å². The fourth-order valence-corrected chi connectivity index (χ4v) is 10.3. The predicted molar refractivity (Wildman–Crippen MR) is 262 cm³/mol. The van der Waals surface area contributed by atoms with Crippen molar-refractivity contribution in [2.75, 3.05) is 0 Å². The monoisotopic (exact) mass is 784 g/mol. The van der Waals surface area contributed by atoms with Crippen LogP contribution in [-0.4, -0.2) is 9.97 Å². The number of nitrogens with zero attached hydrogens (tertiary/aromatic N) is 2. The molecule has 2 heteroatoms. The highest BCUT2D eigenvalue weighted by Crippen LogP contribution is 2.45. The minimum atomic E-state index is 1.19. The first-order chi connectivity index (χ1) is 30.7. The molecule has 2 nitrogen and oxygen atoms in total. The molecule has 2 heterocycles. The van der Waals surface area contributed by atoms with Crippen molar-refractivity contribution >= 4 is 64.6 Å². The van der Waals surface area contributed by atoms with Crippen molar-refractivity contribution in [1.29, 1.82) is 0 Å². The second kappa shape index (κ2) is 13.7. The molecular formula is C60H36N2. The molecule has 11 aromatic carbocycles. The van der Waals surface area contributed by atoms with Crippen LogP contribution in [0.3, 0.4) is 0 Å². The molecule has 0 unspecified atom stereocenters. The van der Waals surface area contributed by atoms with Crippen LogP contribution in [0.5, 0.6) is 0 Å². The smallest absolute Gasteiger partial charge is 0.0273 e. The summed E-state index contributed by atoms with van der Waals surface area (Å²) in [7, 11) is 0. The van der Waals surface area contributed by atoms with Crippen molar-refractivity contribution in [3.8, 4) is 66.8 Å². The molecule has 62 heavy (non-hydrogen) atoms. The van der Waals surface area contributed by atoms with E-state index in [9.17, 15) is 0 Å². The highest BCUT2D eigenvalue weighted by atomic mass is 14.6. The van der Waals surface area contributed by atoms with E-state index in [0.717, 1.165) is 0 Å². The van der Waals surface area contributed by atoms with Crippen LogP contribution < -0.4 is 0 Å². The molecule has 0 fully saturated rings. The van der Waals surface area contributed by atoms with E-state index in [1.54, 1.807) is 0 Å². The first-order valence-corrected chi connectivity index (χ1v) is 21.3. The zero-order valence-electron chi connectivity index (χ0n) is 33.7. The Morgan fingerprint density at radius 1 is 0.210 bits per heavy atom. The largest absolute Gasteiger partial charge is 0.265 e. The molecule has 0 aliphatic heterocycles. The summed E-state index contributed by atoms with van der Waals surface area (Å²) in [6.07, 6.45) is 7.50. The van der Waals surface area contributed by atoms with Gasteiger partial charge in [0.15, 0.2) is 0 Å². The van der Waals surface area contributed by atoms with Crippen LogP contribution in [0.25, 0.3) is 131 Å². The van der Waals surface area contributed by atoms with Gasteiger partial charge in [0.05, 0.1) is 0 Å². The molecule has 0 amide bonds. The van der Waals surface area contributed by atoms with Crippen LogP contribution in [0.1, 0.15) is 0 Å². The van der Waals surface area contributed by atoms with E-state index in [2.05, 4.69) is 204 Å². The van der Waals surface area contributed by atoms with Crippen molar-refractivity contribution in [2.45, 2.75) is 0 Å². The number of aromatic nitrogens is 2. The second-order valence-corrected chi connectivity index (χ2v) is 16.5. The summed E-state index contributed by atoms with van der Waals surface area (Å²) in [4.78, 5) is 8.53. The number of hydrogen-bond donors (Lipinski definition) is 0. The molecule has 286 valence electrons. The molecule has 0 bridgehead atoms. The summed E-state index contributed by atoms with van der Waals surface area (Å²) in [5.41, 5.74) is 14.6. The van der Waals surface area contributed by atoms with E-state index in [0.29, 0.717) is 0 Å². The Morgan fingerprint density at radius 3 is 0.839 bits per heavy atom. The third kappa shape index (κ3) is 5.37.